The lowest BCUT2D eigenvalue weighted by Gasteiger charge is -2.13. The molecule has 0 saturated heterocycles. The van der Waals surface area contributed by atoms with Crippen LogP contribution in [0.2, 0.25) is 0 Å². The Labute approximate surface area is 76.2 Å². The number of aliphatic hydroxyl groups excluding tert-OH is 1. The van der Waals surface area contributed by atoms with E-state index >= 15 is 0 Å². The van der Waals surface area contributed by atoms with Gasteiger partial charge in [0.1, 0.15) is 0 Å². The average Bonchev–Trinajstić information content (AvgIpc) is 2.50. The molecule has 1 unspecified atom stereocenters. The van der Waals surface area contributed by atoms with Crippen LogP contribution in [0.15, 0.2) is 12.5 Å². The second kappa shape index (κ2) is 3.57. The number of carbonyl (C=O) groups is 1. The Kier molecular flexibility index (Phi) is 2.67. The molecule has 13 heavy (non-hydrogen) atoms. The molecule has 5 nitrogen and oxygen atoms in total. The number of rotatable bonds is 3. The van der Waals surface area contributed by atoms with Crippen molar-refractivity contribution >= 4 is 5.91 Å². The van der Waals surface area contributed by atoms with Crippen LogP contribution in [0.25, 0.3) is 0 Å². The fourth-order valence-electron chi connectivity index (χ4n) is 1.10. The van der Waals surface area contributed by atoms with Crippen LogP contribution in [-0.4, -0.2) is 20.6 Å². The number of amides is 1. The van der Waals surface area contributed by atoms with Crippen molar-refractivity contribution in [3.05, 3.63) is 18.2 Å². The fraction of sp³-hybridized carbons (Fsp3) is 0.500. The van der Waals surface area contributed by atoms with E-state index in [1.54, 1.807) is 10.9 Å². The van der Waals surface area contributed by atoms with Crippen molar-refractivity contribution in [1.82, 2.24) is 9.55 Å². The highest BCUT2D eigenvalue weighted by molar-refractivity contribution is 5.79. The molecule has 72 valence electrons. The van der Waals surface area contributed by atoms with Gasteiger partial charge in [-0.3, -0.25) is 4.79 Å². The molecule has 1 heterocycles. The minimum Gasteiger partial charge on any atom is -0.377 e. The second-order valence-electron chi connectivity index (χ2n) is 3.12. The van der Waals surface area contributed by atoms with Crippen LogP contribution in [0.3, 0.4) is 0 Å². The first-order valence-corrected chi connectivity index (χ1v) is 4.03. The highest BCUT2D eigenvalue weighted by Crippen LogP contribution is 2.16. The minimum absolute atomic E-state index is 0.145. The van der Waals surface area contributed by atoms with Crippen LogP contribution in [0.4, 0.5) is 0 Å². The largest absolute Gasteiger partial charge is 0.377 e. The number of primary amides is 1. The number of imidazole rings is 1. The molecule has 0 radical (unpaired) electrons. The Morgan fingerprint density at radius 2 is 2.31 bits per heavy atom. The molecule has 1 aromatic heterocycles. The van der Waals surface area contributed by atoms with Gasteiger partial charge in [-0.25, -0.2) is 4.98 Å². The molecule has 0 aliphatic heterocycles. The zero-order valence-corrected chi connectivity index (χ0v) is 7.64. The van der Waals surface area contributed by atoms with Crippen molar-refractivity contribution in [2.75, 3.05) is 0 Å². The van der Waals surface area contributed by atoms with Gasteiger partial charge in [0.2, 0.25) is 0 Å². The number of aliphatic hydroxyl groups is 1. The molecule has 1 atom stereocenters. The summed E-state index contributed by atoms with van der Waals surface area (Å²) in [6, 6.07) is 0.145. The summed E-state index contributed by atoms with van der Waals surface area (Å²) >= 11 is 0. The predicted molar refractivity (Wildman–Crippen MR) is 46.8 cm³/mol. The number of hydrogen-bond acceptors (Lipinski definition) is 3. The van der Waals surface area contributed by atoms with Gasteiger partial charge in [0, 0.05) is 6.04 Å². The van der Waals surface area contributed by atoms with Crippen molar-refractivity contribution in [1.29, 1.82) is 0 Å². The molecule has 1 amide bonds. The van der Waals surface area contributed by atoms with Gasteiger partial charge >= 0.3 is 0 Å². The first kappa shape index (κ1) is 9.73. The Hall–Kier alpha value is -1.36. The first-order valence-electron chi connectivity index (χ1n) is 4.03. The average molecular weight is 183 g/mol. The summed E-state index contributed by atoms with van der Waals surface area (Å²) in [7, 11) is 0. The summed E-state index contributed by atoms with van der Waals surface area (Å²) in [5.74, 6) is -0.762. The van der Waals surface area contributed by atoms with E-state index in [1.807, 2.05) is 13.8 Å². The zero-order chi connectivity index (χ0) is 10.0. The summed E-state index contributed by atoms with van der Waals surface area (Å²) < 4.78 is 1.70. The second-order valence-corrected chi connectivity index (χ2v) is 3.12. The van der Waals surface area contributed by atoms with E-state index in [9.17, 15) is 9.90 Å². The SMILES string of the molecule is CC(C)n1cncc1C(O)C(N)=O. The van der Waals surface area contributed by atoms with E-state index in [2.05, 4.69) is 4.98 Å². The number of hydrogen-bond donors (Lipinski definition) is 2. The van der Waals surface area contributed by atoms with Gasteiger partial charge < -0.3 is 15.4 Å². The lowest BCUT2D eigenvalue weighted by atomic mass is 10.2. The van der Waals surface area contributed by atoms with Crippen LogP contribution in [-0.2, 0) is 4.79 Å². The summed E-state index contributed by atoms with van der Waals surface area (Å²) in [5, 5.41) is 9.38. The Morgan fingerprint density at radius 1 is 1.69 bits per heavy atom. The molecule has 1 aromatic rings. The van der Waals surface area contributed by atoms with Gasteiger partial charge in [0.05, 0.1) is 18.2 Å². The van der Waals surface area contributed by atoms with Crippen molar-refractivity contribution in [3.8, 4) is 0 Å². The standard InChI is InChI=1S/C8H13N3O2/c1-5(2)11-4-10-3-6(11)7(12)8(9)13/h3-5,7,12H,1-2H3,(H2,9,13). The van der Waals surface area contributed by atoms with Crippen LogP contribution in [0.5, 0.6) is 0 Å². The van der Waals surface area contributed by atoms with E-state index in [4.69, 9.17) is 5.73 Å². The van der Waals surface area contributed by atoms with E-state index in [0.717, 1.165) is 0 Å². The molecular formula is C8H13N3O2. The van der Waals surface area contributed by atoms with Gasteiger partial charge in [0.15, 0.2) is 6.10 Å². The molecule has 5 heteroatoms. The number of aromatic nitrogens is 2. The molecule has 0 aliphatic carbocycles. The van der Waals surface area contributed by atoms with Crippen LogP contribution < -0.4 is 5.73 Å². The number of carbonyl (C=O) groups excluding carboxylic acids is 1. The highest BCUT2D eigenvalue weighted by atomic mass is 16.3. The summed E-state index contributed by atoms with van der Waals surface area (Å²) in [4.78, 5) is 14.5. The van der Waals surface area contributed by atoms with Crippen molar-refractivity contribution in [2.24, 2.45) is 5.73 Å². The number of nitrogens with two attached hydrogens (primary N) is 1. The molecule has 0 aliphatic rings. The fourth-order valence-corrected chi connectivity index (χ4v) is 1.10. The summed E-state index contributed by atoms with van der Waals surface area (Å²) in [5.41, 5.74) is 5.40. The molecular weight excluding hydrogens is 170 g/mol. The Bertz CT molecular complexity index is 306. The molecule has 3 N–H and O–H groups in total. The van der Waals surface area contributed by atoms with Crippen molar-refractivity contribution in [3.63, 3.8) is 0 Å². The highest BCUT2D eigenvalue weighted by Gasteiger charge is 2.18. The Morgan fingerprint density at radius 3 is 2.77 bits per heavy atom. The van der Waals surface area contributed by atoms with Crippen LogP contribution in [0, 0.1) is 0 Å². The van der Waals surface area contributed by atoms with Crippen LogP contribution >= 0.6 is 0 Å². The van der Waals surface area contributed by atoms with Gasteiger partial charge in [-0.05, 0) is 13.8 Å². The third-order valence-corrected chi connectivity index (χ3v) is 1.80. The van der Waals surface area contributed by atoms with Crippen molar-refractivity contribution < 1.29 is 9.90 Å². The van der Waals surface area contributed by atoms with E-state index in [-0.39, 0.29) is 6.04 Å². The predicted octanol–water partition coefficient (Wildman–Crippen LogP) is -0.0173. The quantitative estimate of drug-likeness (QED) is 0.691. The molecule has 0 saturated carbocycles. The smallest absolute Gasteiger partial charge is 0.252 e. The normalized spacial score (nSPS) is 13.2. The topological polar surface area (TPSA) is 81.1 Å². The third-order valence-electron chi connectivity index (χ3n) is 1.80. The molecule has 1 rings (SSSR count). The van der Waals surface area contributed by atoms with Gasteiger partial charge in [-0.2, -0.15) is 0 Å². The van der Waals surface area contributed by atoms with E-state index in [0.29, 0.717) is 5.69 Å². The van der Waals surface area contributed by atoms with Gasteiger partial charge in [0.25, 0.3) is 5.91 Å². The molecule has 0 bridgehead atoms. The van der Waals surface area contributed by atoms with Gasteiger partial charge in [-0.1, -0.05) is 0 Å². The first-order chi connectivity index (χ1) is 6.04. The van der Waals surface area contributed by atoms with Crippen molar-refractivity contribution in [2.45, 2.75) is 26.0 Å². The van der Waals surface area contributed by atoms with Crippen LogP contribution in [0.1, 0.15) is 31.7 Å². The Balaban J connectivity index is 3.00. The molecule has 0 fully saturated rings. The van der Waals surface area contributed by atoms with Gasteiger partial charge in [-0.15, -0.1) is 0 Å². The molecule has 0 aromatic carbocycles. The third kappa shape index (κ3) is 1.86. The zero-order valence-electron chi connectivity index (χ0n) is 7.64. The maximum absolute atomic E-state index is 10.7. The minimum atomic E-state index is -1.27. The lowest BCUT2D eigenvalue weighted by molar-refractivity contribution is -0.126. The molecule has 0 spiro atoms. The monoisotopic (exact) mass is 183 g/mol. The summed E-state index contributed by atoms with van der Waals surface area (Å²) in [6.45, 7) is 3.86. The maximum Gasteiger partial charge on any atom is 0.252 e. The maximum atomic E-state index is 10.7. The summed E-state index contributed by atoms with van der Waals surface area (Å²) in [6.07, 6.45) is 1.73. The number of nitrogens with zero attached hydrogens (tertiary/aromatic N) is 2. The lowest BCUT2D eigenvalue weighted by Crippen LogP contribution is -2.23. The van der Waals surface area contributed by atoms with E-state index in [1.165, 1.54) is 6.20 Å². The van der Waals surface area contributed by atoms with E-state index < -0.39 is 12.0 Å².